The molecule has 0 radical (unpaired) electrons. The number of sulfonamides is 1. The van der Waals surface area contributed by atoms with E-state index < -0.39 is 10.0 Å². The van der Waals surface area contributed by atoms with Crippen molar-refractivity contribution in [3.63, 3.8) is 0 Å². The van der Waals surface area contributed by atoms with Gasteiger partial charge in [0.05, 0.1) is 42.7 Å². The lowest BCUT2D eigenvalue weighted by atomic mass is 10.1. The van der Waals surface area contributed by atoms with Crippen molar-refractivity contribution >= 4 is 32.3 Å². The third kappa shape index (κ3) is 3.56. The van der Waals surface area contributed by atoms with Crippen molar-refractivity contribution < 1.29 is 13.2 Å². The maximum Gasteiger partial charge on any atom is 0.229 e. The van der Waals surface area contributed by atoms with Crippen LogP contribution in [-0.4, -0.2) is 40.9 Å². The number of rotatable bonds is 5. The summed E-state index contributed by atoms with van der Waals surface area (Å²) in [5, 5.41) is 5.32. The van der Waals surface area contributed by atoms with Crippen LogP contribution in [0.15, 0.2) is 67.1 Å². The predicted octanol–water partition coefficient (Wildman–Crippen LogP) is 3.94. The lowest BCUT2D eigenvalue weighted by Crippen LogP contribution is -2.11. The Labute approximate surface area is 185 Å². The molecule has 0 spiro atoms. The minimum atomic E-state index is -3.49. The molecule has 5 aromatic rings. The van der Waals surface area contributed by atoms with Crippen LogP contribution < -0.4 is 9.46 Å². The van der Waals surface area contributed by atoms with Gasteiger partial charge in [0.25, 0.3) is 0 Å². The van der Waals surface area contributed by atoms with Crippen LogP contribution in [0.25, 0.3) is 38.9 Å². The smallest absolute Gasteiger partial charge is 0.229 e. The molecule has 0 unspecified atom stereocenters. The minimum Gasteiger partial charge on any atom is -0.497 e. The summed E-state index contributed by atoms with van der Waals surface area (Å²) in [7, 11) is 0.0263. The minimum absolute atomic E-state index is 0.412. The van der Waals surface area contributed by atoms with Gasteiger partial charge in [-0.25, -0.2) is 13.4 Å². The fourth-order valence-electron chi connectivity index (χ4n) is 3.84. The SMILES string of the molecule is COc1ccc(-c2cc(NS(C)(=O)=O)c3ncc(-c4ccc5c(cnn5C)c4)n3c2)cc1. The number of nitrogens with zero attached hydrogens (tertiary/aromatic N) is 4. The highest BCUT2D eigenvalue weighted by Crippen LogP contribution is 2.32. The largest absolute Gasteiger partial charge is 0.497 e. The van der Waals surface area contributed by atoms with Gasteiger partial charge in [0.15, 0.2) is 5.65 Å². The third-order valence-electron chi connectivity index (χ3n) is 5.37. The van der Waals surface area contributed by atoms with Gasteiger partial charge < -0.3 is 4.74 Å². The van der Waals surface area contributed by atoms with Gasteiger partial charge in [-0.15, -0.1) is 0 Å². The van der Waals surface area contributed by atoms with Crippen LogP contribution in [0.1, 0.15) is 0 Å². The summed E-state index contributed by atoms with van der Waals surface area (Å²) in [6.45, 7) is 0. The molecule has 3 aromatic heterocycles. The van der Waals surface area contributed by atoms with Crippen molar-refractivity contribution in [2.75, 3.05) is 18.1 Å². The Kier molecular flexibility index (Phi) is 4.63. The molecule has 162 valence electrons. The molecule has 0 saturated heterocycles. The van der Waals surface area contributed by atoms with Crippen molar-refractivity contribution in [1.29, 1.82) is 0 Å². The molecule has 1 N–H and O–H groups in total. The molecule has 0 atom stereocenters. The monoisotopic (exact) mass is 447 g/mol. The van der Waals surface area contributed by atoms with Gasteiger partial charge in [0, 0.05) is 29.8 Å². The number of anilines is 1. The summed E-state index contributed by atoms with van der Waals surface area (Å²) >= 11 is 0. The fourth-order valence-corrected chi connectivity index (χ4v) is 4.39. The molecule has 9 heteroatoms. The molecule has 0 aliphatic carbocycles. The van der Waals surface area contributed by atoms with E-state index in [0.29, 0.717) is 11.3 Å². The lowest BCUT2D eigenvalue weighted by Gasteiger charge is -2.12. The topological polar surface area (TPSA) is 90.5 Å². The van der Waals surface area contributed by atoms with Gasteiger partial charge in [-0.05, 0) is 35.9 Å². The van der Waals surface area contributed by atoms with Gasteiger partial charge in [-0.1, -0.05) is 18.2 Å². The second kappa shape index (κ2) is 7.38. The zero-order valence-corrected chi connectivity index (χ0v) is 18.6. The van der Waals surface area contributed by atoms with Crippen molar-refractivity contribution in [1.82, 2.24) is 19.2 Å². The zero-order valence-electron chi connectivity index (χ0n) is 17.8. The number of aromatic nitrogens is 4. The molecule has 0 fully saturated rings. The number of hydrogen-bond donors (Lipinski definition) is 1. The molecule has 3 heterocycles. The number of methoxy groups -OCH3 is 1. The molecule has 0 aliphatic heterocycles. The van der Waals surface area contributed by atoms with Crippen LogP contribution in [-0.2, 0) is 17.1 Å². The molecule has 5 rings (SSSR count). The molecular weight excluding hydrogens is 426 g/mol. The average Bonchev–Trinajstić information content (AvgIpc) is 3.36. The van der Waals surface area contributed by atoms with Gasteiger partial charge >= 0.3 is 0 Å². The number of nitrogens with one attached hydrogen (secondary N) is 1. The quantitative estimate of drug-likeness (QED) is 0.441. The Bertz CT molecular complexity index is 1570. The van der Waals surface area contributed by atoms with Gasteiger partial charge in [-0.2, -0.15) is 5.10 Å². The molecule has 2 aromatic carbocycles. The number of ether oxygens (including phenoxy) is 1. The lowest BCUT2D eigenvalue weighted by molar-refractivity contribution is 0.415. The highest BCUT2D eigenvalue weighted by atomic mass is 32.2. The Morgan fingerprint density at radius 1 is 0.969 bits per heavy atom. The Morgan fingerprint density at radius 2 is 1.72 bits per heavy atom. The number of pyridine rings is 1. The molecule has 32 heavy (non-hydrogen) atoms. The van der Waals surface area contributed by atoms with E-state index in [1.165, 1.54) is 0 Å². The second-order valence-corrected chi connectivity index (χ2v) is 9.37. The van der Waals surface area contributed by atoms with Gasteiger partial charge in [0.1, 0.15) is 5.75 Å². The van der Waals surface area contributed by atoms with E-state index in [-0.39, 0.29) is 0 Å². The number of fused-ring (bicyclic) bond motifs is 2. The summed E-state index contributed by atoms with van der Waals surface area (Å²) in [6, 6.07) is 15.5. The molecule has 0 saturated carbocycles. The number of hydrogen-bond acceptors (Lipinski definition) is 5. The van der Waals surface area contributed by atoms with Gasteiger partial charge in [-0.3, -0.25) is 13.8 Å². The first-order valence-electron chi connectivity index (χ1n) is 9.88. The van der Waals surface area contributed by atoms with Gasteiger partial charge in [0.2, 0.25) is 10.0 Å². The third-order valence-corrected chi connectivity index (χ3v) is 5.96. The summed E-state index contributed by atoms with van der Waals surface area (Å²) in [5.41, 5.74) is 5.52. The fraction of sp³-hybridized carbons (Fsp3) is 0.130. The Hall–Kier alpha value is -3.85. The first kappa shape index (κ1) is 20.1. The number of benzene rings is 2. The van der Waals surface area contributed by atoms with E-state index in [2.05, 4.69) is 20.9 Å². The van der Waals surface area contributed by atoms with E-state index in [1.54, 1.807) is 19.4 Å². The van der Waals surface area contributed by atoms with Crippen LogP contribution in [0.3, 0.4) is 0 Å². The van der Waals surface area contributed by atoms with Crippen molar-refractivity contribution in [3.8, 4) is 28.1 Å². The van der Waals surface area contributed by atoms with Crippen LogP contribution in [0.4, 0.5) is 5.69 Å². The standard InChI is InChI=1S/C23H21N5O3S/c1-27-21-9-6-16(10-17(21)12-25-27)22-13-24-23-20(26-32(3,29)30)11-18(14-28(22)23)15-4-7-19(31-2)8-5-15/h4-14,26H,1-3H3. The molecular formula is C23H21N5O3S. The predicted molar refractivity (Wildman–Crippen MR) is 125 cm³/mol. The van der Waals surface area contributed by atoms with Crippen LogP contribution in [0, 0.1) is 0 Å². The maximum absolute atomic E-state index is 12.0. The summed E-state index contributed by atoms with van der Waals surface area (Å²) in [4.78, 5) is 4.52. The highest BCUT2D eigenvalue weighted by molar-refractivity contribution is 7.92. The molecule has 0 aliphatic rings. The second-order valence-electron chi connectivity index (χ2n) is 7.62. The highest BCUT2D eigenvalue weighted by Gasteiger charge is 2.15. The molecule has 0 bridgehead atoms. The van der Waals surface area contributed by atoms with E-state index in [1.807, 2.05) is 64.9 Å². The van der Waals surface area contributed by atoms with Crippen LogP contribution in [0.5, 0.6) is 5.75 Å². The zero-order chi connectivity index (χ0) is 22.5. The first-order chi connectivity index (χ1) is 15.3. The Morgan fingerprint density at radius 3 is 2.44 bits per heavy atom. The molecule has 0 amide bonds. The summed E-state index contributed by atoms with van der Waals surface area (Å²) in [5.74, 6) is 0.748. The average molecular weight is 448 g/mol. The molecule has 8 nitrogen and oxygen atoms in total. The maximum atomic E-state index is 12.0. The van der Waals surface area contributed by atoms with Crippen molar-refractivity contribution in [2.24, 2.45) is 7.05 Å². The number of imidazole rings is 1. The van der Waals surface area contributed by atoms with E-state index in [0.717, 1.165) is 45.3 Å². The van der Waals surface area contributed by atoms with Crippen molar-refractivity contribution in [2.45, 2.75) is 0 Å². The van der Waals surface area contributed by atoms with E-state index >= 15 is 0 Å². The summed E-state index contributed by atoms with van der Waals surface area (Å²) < 4.78 is 35.6. The van der Waals surface area contributed by atoms with Crippen LogP contribution >= 0.6 is 0 Å². The first-order valence-corrected chi connectivity index (χ1v) is 11.8. The van der Waals surface area contributed by atoms with E-state index in [9.17, 15) is 8.42 Å². The normalized spacial score (nSPS) is 11.8. The van der Waals surface area contributed by atoms with E-state index in [4.69, 9.17) is 4.74 Å². The Balaban J connectivity index is 1.72. The van der Waals surface area contributed by atoms with Crippen molar-refractivity contribution in [3.05, 3.63) is 67.1 Å². The summed E-state index contributed by atoms with van der Waals surface area (Å²) in [6.07, 6.45) is 6.66. The van der Waals surface area contributed by atoms with Crippen LogP contribution in [0.2, 0.25) is 0 Å². The number of aryl methyl sites for hydroxylation is 1.